The van der Waals surface area contributed by atoms with Crippen LogP contribution < -0.4 is 0 Å². The normalized spacial score (nSPS) is 25.5. The van der Waals surface area contributed by atoms with E-state index in [-0.39, 0.29) is 24.5 Å². The fraction of sp³-hybridized carbons (Fsp3) is 0.500. The van der Waals surface area contributed by atoms with Gasteiger partial charge in [-0.2, -0.15) is 0 Å². The third-order valence-electron chi connectivity index (χ3n) is 4.42. The van der Waals surface area contributed by atoms with Crippen LogP contribution in [-0.4, -0.2) is 51.0 Å². The number of piperidine rings is 1. The van der Waals surface area contributed by atoms with E-state index in [0.717, 1.165) is 24.2 Å². The Morgan fingerprint density at radius 3 is 3.14 bits per heavy atom. The zero-order valence-electron chi connectivity index (χ0n) is 11.7. The molecule has 6 nitrogen and oxygen atoms in total. The quantitative estimate of drug-likeness (QED) is 0.755. The van der Waals surface area contributed by atoms with Crippen LogP contribution in [0.4, 0.5) is 0 Å². The van der Waals surface area contributed by atoms with Crippen molar-refractivity contribution in [3.05, 3.63) is 28.0 Å². The second-order valence-corrected chi connectivity index (χ2v) is 6.80. The lowest BCUT2D eigenvalue weighted by atomic mass is 9.91. The number of fused-ring (bicyclic) bond motifs is 2. The predicted octanol–water partition coefficient (Wildman–Crippen LogP) is 2.25. The van der Waals surface area contributed by atoms with Crippen LogP contribution >= 0.6 is 27.5 Å². The number of hydrogen-bond acceptors (Lipinski definition) is 4. The monoisotopic (exact) mass is 384 g/mol. The number of carbonyl (C=O) groups excluding carboxylic acids is 1. The summed E-state index contributed by atoms with van der Waals surface area (Å²) >= 11 is 9.62. The number of aromatic nitrogens is 3. The average molecular weight is 386 g/mol. The van der Waals surface area contributed by atoms with Crippen molar-refractivity contribution in [3.8, 4) is 0 Å². The summed E-state index contributed by atoms with van der Waals surface area (Å²) in [5.74, 6) is 1.18. The fourth-order valence-electron chi connectivity index (χ4n) is 3.35. The molecule has 0 spiro atoms. The summed E-state index contributed by atoms with van der Waals surface area (Å²) in [6.45, 7) is 1.50. The Morgan fingerprint density at radius 2 is 2.27 bits per heavy atom. The number of ether oxygens (including phenoxy) is 1. The molecular formula is C14H14BrClN4O2. The first-order valence-electron chi connectivity index (χ1n) is 7.20. The van der Waals surface area contributed by atoms with Crippen molar-refractivity contribution >= 4 is 39.0 Å². The third kappa shape index (κ3) is 2.23. The first-order valence-corrected chi connectivity index (χ1v) is 8.37. The van der Waals surface area contributed by atoms with E-state index in [2.05, 4.69) is 25.9 Å². The van der Waals surface area contributed by atoms with Gasteiger partial charge in [-0.15, -0.1) is 0 Å². The molecule has 0 bridgehead atoms. The summed E-state index contributed by atoms with van der Waals surface area (Å²) in [5.41, 5.74) is 0.773. The second kappa shape index (κ2) is 5.47. The average Bonchev–Trinajstić information content (AvgIpc) is 2.86. The highest BCUT2D eigenvalue weighted by atomic mass is 79.9. The number of morpholine rings is 1. The zero-order chi connectivity index (χ0) is 15.3. The van der Waals surface area contributed by atoms with Crippen molar-refractivity contribution in [2.75, 3.05) is 19.8 Å². The van der Waals surface area contributed by atoms with Gasteiger partial charge in [-0.3, -0.25) is 9.20 Å². The van der Waals surface area contributed by atoms with Crippen LogP contribution in [0.2, 0.25) is 5.15 Å². The van der Waals surface area contributed by atoms with Crippen LogP contribution in [0.3, 0.4) is 0 Å². The van der Waals surface area contributed by atoms with E-state index in [1.54, 1.807) is 6.20 Å². The van der Waals surface area contributed by atoms with Crippen LogP contribution in [0.25, 0.3) is 5.52 Å². The van der Waals surface area contributed by atoms with Crippen molar-refractivity contribution in [1.29, 1.82) is 0 Å². The standard InChI is InChI=1S/C14H14BrClN4O2/c15-12-11-13(16)17-3-4-19(11)14(18-12)8-1-2-9-6-22-7-10(21)20(9)5-8/h3-4,8-9H,1-2,5-7H2/t8-,9-/m1/s1. The molecule has 0 aliphatic carbocycles. The first-order chi connectivity index (χ1) is 10.6. The van der Waals surface area contributed by atoms with Gasteiger partial charge in [0.2, 0.25) is 5.91 Å². The van der Waals surface area contributed by atoms with Gasteiger partial charge < -0.3 is 9.64 Å². The van der Waals surface area contributed by atoms with Crippen LogP contribution in [0.1, 0.15) is 24.6 Å². The molecule has 4 heterocycles. The molecule has 0 radical (unpaired) electrons. The van der Waals surface area contributed by atoms with E-state index >= 15 is 0 Å². The molecule has 22 heavy (non-hydrogen) atoms. The molecule has 2 fully saturated rings. The van der Waals surface area contributed by atoms with E-state index < -0.39 is 0 Å². The molecule has 2 aliphatic rings. The van der Waals surface area contributed by atoms with Gasteiger partial charge in [-0.25, -0.2) is 9.97 Å². The van der Waals surface area contributed by atoms with Crippen LogP contribution in [0.15, 0.2) is 17.0 Å². The van der Waals surface area contributed by atoms with Crippen LogP contribution in [0.5, 0.6) is 0 Å². The lowest BCUT2D eigenvalue weighted by molar-refractivity contribution is -0.150. The Bertz CT molecular complexity index is 750. The first kappa shape index (κ1) is 14.4. The highest BCUT2D eigenvalue weighted by molar-refractivity contribution is 9.10. The minimum absolute atomic E-state index is 0.0700. The fourth-order valence-corrected chi connectivity index (χ4v) is 4.26. The van der Waals surface area contributed by atoms with Crippen molar-refractivity contribution in [2.24, 2.45) is 0 Å². The van der Waals surface area contributed by atoms with E-state index in [4.69, 9.17) is 16.3 Å². The van der Waals surface area contributed by atoms with Gasteiger partial charge in [0.1, 0.15) is 22.6 Å². The summed E-state index contributed by atoms with van der Waals surface area (Å²) in [6, 6.07) is 0.206. The van der Waals surface area contributed by atoms with Gasteiger partial charge in [-0.05, 0) is 28.8 Å². The van der Waals surface area contributed by atoms with Gasteiger partial charge in [0.05, 0.1) is 12.6 Å². The second-order valence-electron chi connectivity index (χ2n) is 5.69. The molecule has 2 saturated heterocycles. The van der Waals surface area contributed by atoms with E-state index in [0.29, 0.717) is 22.9 Å². The molecule has 0 unspecified atom stereocenters. The minimum atomic E-state index is 0.0700. The third-order valence-corrected chi connectivity index (χ3v) is 5.25. The lowest BCUT2D eigenvalue weighted by Gasteiger charge is -2.41. The van der Waals surface area contributed by atoms with Crippen molar-refractivity contribution in [3.63, 3.8) is 0 Å². The van der Waals surface area contributed by atoms with Crippen LogP contribution in [-0.2, 0) is 9.53 Å². The topological polar surface area (TPSA) is 59.7 Å². The highest BCUT2D eigenvalue weighted by Crippen LogP contribution is 2.34. The summed E-state index contributed by atoms with van der Waals surface area (Å²) in [6.07, 6.45) is 5.44. The molecule has 0 saturated carbocycles. The molecule has 8 heteroatoms. The van der Waals surface area contributed by atoms with Gasteiger partial charge in [0.15, 0.2) is 5.15 Å². The number of nitrogens with zero attached hydrogens (tertiary/aromatic N) is 4. The molecule has 116 valence electrons. The summed E-state index contributed by atoms with van der Waals surface area (Å²) in [7, 11) is 0. The van der Waals surface area contributed by atoms with Gasteiger partial charge >= 0.3 is 0 Å². The Balaban J connectivity index is 1.71. The number of carbonyl (C=O) groups is 1. The number of rotatable bonds is 1. The minimum Gasteiger partial charge on any atom is -0.369 e. The Hall–Kier alpha value is -1.18. The van der Waals surface area contributed by atoms with Crippen molar-refractivity contribution in [1.82, 2.24) is 19.3 Å². The summed E-state index contributed by atoms with van der Waals surface area (Å²) in [4.78, 5) is 22.7. The van der Waals surface area contributed by atoms with E-state index in [1.807, 2.05) is 15.5 Å². The SMILES string of the molecule is O=C1COC[C@H]2CC[C@@H](c3nc(Br)c4c(Cl)nccn34)CN12. The Labute approximate surface area is 140 Å². The molecule has 0 N–H and O–H groups in total. The maximum absolute atomic E-state index is 12.1. The predicted molar refractivity (Wildman–Crippen MR) is 84.0 cm³/mol. The van der Waals surface area contributed by atoms with Gasteiger partial charge in [0.25, 0.3) is 0 Å². The van der Waals surface area contributed by atoms with Crippen molar-refractivity contribution < 1.29 is 9.53 Å². The molecule has 2 aromatic heterocycles. The highest BCUT2D eigenvalue weighted by Gasteiger charge is 2.36. The molecule has 2 aromatic rings. The lowest BCUT2D eigenvalue weighted by Crippen LogP contribution is -2.53. The van der Waals surface area contributed by atoms with Crippen LogP contribution in [0, 0.1) is 0 Å². The summed E-state index contributed by atoms with van der Waals surface area (Å²) in [5, 5.41) is 0.421. The van der Waals surface area contributed by atoms with Crippen molar-refractivity contribution in [2.45, 2.75) is 24.8 Å². The molecule has 0 aromatic carbocycles. The maximum atomic E-state index is 12.1. The number of halogens is 2. The Morgan fingerprint density at radius 1 is 1.41 bits per heavy atom. The molecule has 2 aliphatic heterocycles. The molecule has 1 amide bonds. The van der Waals surface area contributed by atoms with Gasteiger partial charge in [-0.1, -0.05) is 11.6 Å². The molecule has 2 atom stereocenters. The largest absolute Gasteiger partial charge is 0.369 e. The smallest absolute Gasteiger partial charge is 0.248 e. The number of imidazole rings is 1. The number of hydrogen-bond donors (Lipinski definition) is 0. The summed E-state index contributed by atoms with van der Waals surface area (Å²) < 4.78 is 8.00. The Kier molecular flexibility index (Phi) is 3.58. The van der Waals surface area contributed by atoms with Gasteiger partial charge in [0, 0.05) is 24.9 Å². The zero-order valence-corrected chi connectivity index (χ0v) is 14.0. The van der Waals surface area contributed by atoms with E-state index in [1.165, 1.54) is 0 Å². The molecule has 4 rings (SSSR count). The van der Waals surface area contributed by atoms with E-state index in [9.17, 15) is 4.79 Å². The maximum Gasteiger partial charge on any atom is 0.248 e. The molecular weight excluding hydrogens is 372 g/mol. The number of amides is 1.